The van der Waals surface area contributed by atoms with Gasteiger partial charge in [0.2, 0.25) is 0 Å². The molecule has 1 aromatic rings. The number of imide groups is 1. The van der Waals surface area contributed by atoms with Crippen LogP contribution in [-0.2, 0) is 11.3 Å². The fraction of sp³-hybridized carbons (Fsp3) is 0.545. The highest BCUT2D eigenvalue weighted by atomic mass is 16.5. The zero-order valence-corrected chi connectivity index (χ0v) is 17.2. The Morgan fingerprint density at radius 1 is 1.25 bits per heavy atom. The topological polar surface area (TPSA) is 61.9 Å². The molecule has 6 heteroatoms. The van der Waals surface area contributed by atoms with E-state index in [1.807, 2.05) is 26.0 Å². The number of hydrogen-bond acceptors (Lipinski definition) is 4. The molecule has 152 valence electrons. The number of carbonyl (C=O) groups excluding carboxylic acids is 2. The van der Waals surface area contributed by atoms with Crippen molar-refractivity contribution in [2.24, 2.45) is 5.92 Å². The summed E-state index contributed by atoms with van der Waals surface area (Å²) in [5, 5.41) is 3.03. The molecule has 1 atom stereocenters. The summed E-state index contributed by atoms with van der Waals surface area (Å²) in [5.74, 6) is 0.940. The molecule has 0 aromatic heterocycles. The fourth-order valence-corrected chi connectivity index (χ4v) is 4.44. The van der Waals surface area contributed by atoms with Crippen molar-refractivity contribution in [2.75, 3.05) is 26.7 Å². The lowest BCUT2D eigenvalue weighted by molar-refractivity contribution is -0.134. The monoisotopic (exact) mass is 385 g/mol. The number of nitrogens with zero attached hydrogens (tertiary/aromatic N) is 2. The number of hydrogen-bond donors (Lipinski definition) is 1. The molecule has 0 bridgehead atoms. The SMILES string of the molecule is C=C(C)CN1C(=O)N[C@@](CC)(C2CCN(Cc3ccc(OC)cc3)CC2)C1=O. The summed E-state index contributed by atoms with van der Waals surface area (Å²) in [5.41, 5.74) is 1.30. The van der Waals surface area contributed by atoms with Crippen LogP contribution in [0.3, 0.4) is 0 Å². The van der Waals surface area contributed by atoms with E-state index in [-0.39, 0.29) is 17.9 Å². The van der Waals surface area contributed by atoms with E-state index >= 15 is 0 Å². The van der Waals surface area contributed by atoms with Gasteiger partial charge in [0, 0.05) is 6.54 Å². The highest BCUT2D eigenvalue weighted by Crippen LogP contribution is 2.36. The van der Waals surface area contributed by atoms with Crippen LogP contribution < -0.4 is 10.1 Å². The van der Waals surface area contributed by atoms with E-state index in [9.17, 15) is 9.59 Å². The maximum Gasteiger partial charge on any atom is 0.325 e. The summed E-state index contributed by atoms with van der Waals surface area (Å²) in [7, 11) is 1.67. The van der Waals surface area contributed by atoms with Gasteiger partial charge in [-0.05, 0) is 62.9 Å². The minimum absolute atomic E-state index is 0.0865. The standard InChI is InChI=1S/C22H31N3O3/c1-5-22(20(26)25(14-16(2)3)21(27)23-22)18-10-12-24(13-11-18)15-17-6-8-19(28-4)9-7-17/h6-9,18H,2,5,10-15H2,1,3-4H3,(H,23,27)/t22-/m0/s1. The second-order valence-electron chi connectivity index (χ2n) is 8.00. The molecule has 0 spiro atoms. The molecule has 2 saturated heterocycles. The molecule has 2 heterocycles. The van der Waals surface area contributed by atoms with Crippen LogP contribution in [0.1, 0.15) is 38.7 Å². The predicted molar refractivity (Wildman–Crippen MR) is 109 cm³/mol. The summed E-state index contributed by atoms with van der Waals surface area (Å²) in [4.78, 5) is 29.3. The second kappa shape index (κ2) is 8.35. The van der Waals surface area contributed by atoms with Gasteiger partial charge in [-0.3, -0.25) is 14.6 Å². The first-order valence-electron chi connectivity index (χ1n) is 10.0. The maximum atomic E-state index is 13.1. The van der Waals surface area contributed by atoms with Crippen molar-refractivity contribution in [3.05, 3.63) is 42.0 Å². The molecule has 2 aliphatic heterocycles. The summed E-state index contributed by atoms with van der Waals surface area (Å²) in [6, 6.07) is 7.87. The molecule has 0 radical (unpaired) electrons. The minimum atomic E-state index is -0.765. The number of piperidine rings is 1. The molecule has 0 unspecified atom stereocenters. The van der Waals surface area contributed by atoms with E-state index in [1.165, 1.54) is 10.5 Å². The maximum absolute atomic E-state index is 13.1. The van der Waals surface area contributed by atoms with E-state index in [0.717, 1.165) is 43.8 Å². The molecule has 28 heavy (non-hydrogen) atoms. The van der Waals surface area contributed by atoms with Crippen LogP contribution in [0.15, 0.2) is 36.4 Å². The highest BCUT2D eigenvalue weighted by molar-refractivity contribution is 6.07. The lowest BCUT2D eigenvalue weighted by atomic mass is 9.75. The number of rotatable bonds is 7. The van der Waals surface area contributed by atoms with Crippen LogP contribution in [-0.4, -0.2) is 54.0 Å². The van der Waals surface area contributed by atoms with E-state index in [1.54, 1.807) is 7.11 Å². The Morgan fingerprint density at radius 2 is 1.89 bits per heavy atom. The van der Waals surface area contributed by atoms with Gasteiger partial charge in [-0.2, -0.15) is 0 Å². The number of benzene rings is 1. The van der Waals surface area contributed by atoms with Crippen molar-refractivity contribution in [1.82, 2.24) is 15.1 Å². The Balaban J connectivity index is 1.63. The Kier molecular flexibility index (Phi) is 6.08. The van der Waals surface area contributed by atoms with Crippen LogP contribution in [0.25, 0.3) is 0 Å². The zero-order chi connectivity index (χ0) is 20.3. The van der Waals surface area contributed by atoms with E-state index in [4.69, 9.17) is 4.74 Å². The van der Waals surface area contributed by atoms with E-state index in [0.29, 0.717) is 13.0 Å². The van der Waals surface area contributed by atoms with Gasteiger partial charge in [-0.1, -0.05) is 31.2 Å². The molecule has 6 nitrogen and oxygen atoms in total. The lowest BCUT2D eigenvalue weighted by Crippen LogP contribution is -2.55. The van der Waals surface area contributed by atoms with Gasteiger partial charge in [0.15, 0.2) is 0 Å². The molecular weight excluding hydrogens is 354 g/mol. The quantitative estimate of drug-likeness (QED) is 0.578. The van der Waals surface area contributed by atoms with Gasteiger partial charge in [-0.15, -0.1) is 0 Å². The van der Waals surface area contributed by atoms with Crippen LogP contribution in [0.4, 0.5) is 4.79 Å². The Hall–Kier alpha value is -2.34. The molecular formula is C22H31N3O3. The summed E-state index contributed by atoms with van der Waals surface area (Å²) in [6.45, 7) is 10.7. The fourth-order valence-electron chi connectivity index (χ4n) is 4.44. The van der Waals surface area contributed by atoms with E-state index < -0.39 is 5.54 Å². The minimum Gasteiger partial charge on any atom is -0.497 e. The molecule has 1 N–H and O–H groups in total. The molecule has 1 aromatic carbocycles. The third-order valence-corrected chi connectivity index (χ3v) is 6.04. The first-order chi connectivity index (χ1) is 13.4. The molecule has 2 aliphatic rings. The van der Waals surface area contributed by atoms with Crippen LogP contribution in [0.2, 0.25) is 0 Å². The average Bonchev–Trinajstić information content (AvgIpc) is 2.94. The first kappa shape index (κ1) is 20.4. The molecule has 3 amide bonds. The zero-order valence-electron chi connectivity index (χ0n) is 17.2. The average molecular weight is 386 g/mol. The molecule has 0 aliphatic carbocycles. The third-order valence-electron chi connectivity index (χ3n) is 6.04. The second-order valence-corrected chi connectivity index (χ2v) is 8.00. The van der Waals surface area contributed by atoms with Gasteiger partial charge in [0.05, 0.1) is 13.7 Å². The van der Waals surface area contributed by atoms with Gasteiger partial charge in [-0.25, -0.2) is 4.79 Å². The molecule has 0 saturated carbocycles. The van der Waals surface area contributed by atoms with Crippen molar-refractivity contribution in [1.29, 1.82) is 0 Å². The van der Waals surface area contributed by atoms with Crippen LogP contribution in [0, 0.1) is 5.92 Å². The van der Waals surface area contributed by atoms with Crippen molar-refractivity contribution in [2.45, 2.75) is 45.2 Å². The van der Waals surface area contributed by atoms with E-state index in [2.05, 4.69) is 28.9 Å². The number of methoxy groups -OCH3 is 1. The largest absolute Gasteiger partial charge is 0.497 e. The third kappa shape index (κ3) is 3.92. The number of urea groups is 1. The first-order valence-corrected chi connectivity index (χ1v) is 10.0. The van der Waals surface area contributed by atoms with Crippen molar-refractivity contribution in [3.63, 3.8) is 0 Å². The number of nitrogens with one attached hydrogen (secondary N) is 1. The van der Waals surface area contributed by atoms with Gasteiger partial charge in [0.1, 0.15) is 11.3 Å². The highest BCUT2D eigenvalue weighted by Gasteiger charge is 2.54. The summed E-state index contributed by atoms with van der Waals surface area (Å²) >= 11 is 0. The van der Waals surface area contributed by atoms with Crippen LogP contribution in [0.5, 0.6) is 5.75 Å². The normalized spacial score (nSPS) is 23.8. The van der Waals surface area contributed by atoms with Gasteiger partial charge in [0.25, 0.3) is 5.91 Å². The predicted octanol–water partition coefficient (Wildman–Crippen LogP) is 3.18. The number of carbonyl (C=O) groups is 2. The Labute approximate surface area is 167 Å². The smallest absolute Gasteiger partial charge is 0.325 e. The molecule has 3 rings (SSSR count). The van der Waals surface area contributed by atoms with Crippen molar-refractivity contribution >= 4 is 11.9 Å². The molecule has 2 fully saturated rings. The Morgan fingerprint density at radius 3 is 2.43 bits per heavy atom. The Bertz CT molecular complexity index is 738. The number of amides is 3. The lowest BCUT2D eigenvalue weighted by Gasteiger charge is -2.40. The number of ether oxygens (including phenoxy) is 1. The summed E-state index contributed by atoms with van der Waals surface area (Å²) < 4.78 is 5.22. The van der Waals surface area contributed by atoms with Crippen LogP contribution >= 0.6 is 0 Å². The number of likely N-dealkylation sites (tertiary alicyclic amines) is 1. The summed E-state index contributed by atoms with van der Waals surface area (Å²) in [6.07, 6.45) is 2.42. The van der Waals surface area contributed by atoms with Crippen molar-refractivity contribution in [3.8, 4) is 5.75 Å². The van der Waals surface area contributed by atoms with Gasteiger partial charge < -0.3 is 10.1 Å². The van der Waals surface area contributed by atoms with Crippen molar-refractivity contribution < 1.29 is 14.3 Å². The van der Waals surface area contributed by atoms with Gasteiger partial charge >= 0.3 is 6.03 Å².